The van der Waals surface area contributed by atoms with Gasteiger partial charge >= 0.3 is 5.00 Å². The van der Waals surface area contributed by atoms with Crippen LogP contribution in [0.2, 0.25) is 0 Å². The van der Waals surface area contributed by atoms with E-state index < -0.39 is 16.6 Å². The number of carbonyl (C=O) groups is 1. The standard InChI is InChI=1S/C14H11FN2O3S/c15-11-5-1-3-9-4-2-6-16(13(9)11)14(18)10-7-12(17(19)20)21-8-10/h1,3,5,7-8H,2,4,6H2. The van der Waals surface area contributed by atoms with Crippen molar-refractivity contribution >= 4 is 27.9 Å². The summed E-state index contributed by atoms with van der Waals surface area (Å²) >= 11 is 0.895. The molecule has 5 nitrogen and oxygen atoms in total. The van der Waals surface area contributed by atoms with Gasteiger partial charge < -0.3 is 4.90 Å². The molecule has 108 valence electrons. The maximum absolute atomic E-state index is 14.0. The third kappa shape index (κ3) is 2.40. The van der Waals surface area contributed by atoms with Crippen molar-refractivity contribution in [3.05, 3.63) is 56.7 Å². The molecule has 0 aliphatic carbocycles. The highest BCUT2D eigenvalue weighted by Crippen LogP contribution is 2.32. The highest BCUT2D eigenvalue weighted by atomic mass is 32.1. The fourth-order valence-corrected chi connectivity index (χ4v) is 3.19. The second-order valence-corrected chi connectivity index (χ2v) is 5.63. The SMILES string of the molecule is O=C(c1csc([N+](=O)[O-])c1)N1CCCc2cccc(F)c21. The summed E-state index contributed by atoms with van der Waals surface area (Å²) in [5.41, 5.74) is 1.31. The molecule has 3 rings (SSSR count). The van der Waals surface area contributed by atoms with Gasteiger partial charge in [-0.25, -0.2) is 4.39 Å². The summed E-state index contributed by atoms with van der Waals surface area (Å²) in [7, 11) is 0. The molecule has 7 heteroatoms. The van der Waals surface area contributed by atoms with Gasteiger partial charge in [0.2, 0.25) is 0 Å². The Morgan fingerprint density at radius 1 is 1.43 bits per heavy atom. The molecule has 0 bridgehead atoms. The molecule has 1 amide bonds. The molecule has 0 saturated heterocycles. The van der Waals surface area contributed by atoms with E-state index in [1.807, 2.05) is 0 Å². The number of fused-ring (bicyclic) bond motifs is 1. The second kappa shape index (κ2) is 5.25. The van der Waals surface area contributed by atoms with Gasteiger partial charge in [-0.05, 0) is 24.5 Å². The Hall–Kier alpha value is -2.28. The van der Waals surface area contributed by atoms with Crippen LogP contribution < -0.4 is 4.90 Å². The van der Waals surface area contributed by atoms with Crippen LogP contribution in [0.25, 0.3) is 0 Å². The van der Waals surface area contributed by atoms with Crippen LogP contribution in [0, 0.1) is 15.9 Å². The number of hydrogen-bond donors (Lipinski definition) is 0. The van der Waals surface area contributed by atoms with Crippen molar-refractivity contribution in [1.29, 1.82) is 0 Å². The van der Waals surface area contributed by atoms with Crippen LogP contribution in [0.1, 0.15) is 22.3 Å². The fourth-order valence-electron chi connectivity index (χ4n) is 2.50. The first kappa shape index (κ1) is 13.7. The zero-order valence-corrected chi connectivity index (χ0v) is 11.7. The number of carbonyl (C=O) groups excluding carboxylic acids is 1. The van der Waals surface area contributed by atoms with Gasteiger partial charge in [0, 0.05) is 18.0 Å². The first-order valence-corrected chi connectivity index (χ1v) is 7.28. The van der Waals surface area contributed by atoms with Gasteiger partial charge in [0.1, 0.15) is 5.82 Å². The fraction of sp³-hybridized carbons (Fsp3) is 0.214. The molecule has 1 aromatic heterocycles. The number of nitrogens with zero attached hydrogens (tertiary/aromatic N) is 2. The number of thiophene rings is 1. The Bertz CT molecular complexity index is 729. The Labute approximate surface area is 123 Å². The number of halogens is 1. The lowest BCUT2D eigenvalue weighted by atomic mass is 10.0. The monoisotopic (exact) mass is 306 g/mol. The van der Waals surface area contributed by atoms with E-state index in [2.05, 4.69) is 0 Å². The number of amides is 1. The number of nitro groups is 1. The average molecular weight is 306 g/mol. The Kier molecular flexibility index (Phi) is 3.42. The van der Waals surface area contributed by atoms with Gasteiger partial charge in [-0.3, -0.25) is 14.9 Å². The smallest absolute Gasteiger partial charge is 0.305 e. The van der Waals surface area contributed by atoms with E-state index in [1.54, 1.807) is 12.1 Å². The Morgan fingerprint density at radius 2 is 2.24 bits per heavy atom. The molecular formula is C14H11FN2O3S. The molecule has 0 atom stereocenters. The zero-order valence-electron chi connectivity index (χ0n) is 10.9. The molecule has 1 aromatic carbocycles. The Morgan fingerprint density at radius 3 is 2.95 bits per heavy atom. The largest absolute Gasteiger partial charge is 0.324 e. The Balaban J connectivity index is 1.98. The third-order valence-corrected chi connectivity index (χ3v) is 4.31. The molecule has 2 aromatic rings. The van der Waals surface area contributed by atoms with Crippen LogP contribution in [0.15, 0.2) is 29.6 Å². The van der Waals surface area contributed by atoms with Crippen LogP contribution in [0.5, 0.6) is 0 Å². The molecule has 0 spiro atoms. The lowest BCUT2D eigenvalue weighted by Gasteiger charge is -2.29. The quantitative estimate of drug-likeness (QED) is 0.631. The second-order valence-electron chi connectivity index (χ2n) is 4.74. The minimum atomic E-state index is -0.536. The predicted molar refractivity (Wildman–Crippen MR) is 77.4 cm³/mol. The molecular weight excluding hydrogens is 295 g/mol. The minimum Gasteiger partial charge on any atom is -0.305 e. The summed E-state index contributed by atoms with van der Waals surface area (Å²) in [6, 6.07) is 5.98. The summed E-state index contributed by atoms with van der Waals surface area (Å²) < 4.78 is 14.0. The topological polar surface area (TPSA) is 63.4 Å². The van der Waals surface area contributed by atoms with Gasteiger partial charge in [0.05, 0.1) is 16.2 Å². The van der Waals surface area contributed by atoms with Gasteiger partial charge in [0.15, 0.2) is 0 Å². The molecule has 0 fully saturated rings. The zero-order chi connectivity index (χ0) is 15.0. The number of benzene rings is 1. The van der Waals surface area contributed by atoms with Crippen LogP contribution in [-0.2, 0) is 6.42 Å². The van der Waals surface area contributed by atoms with Crippen molar-refractivity contribution < 1.29 is 14.1 Å². The van der Waals surface area contributed by atoms with E-state index in [1.165, 1.54) is 22.4 Å². The van der Waals surface area contributed by atoms with E-state index in [0.717, 1.165) is 29.7 Å². The van der Waals surface area contributed by atoms with Crippen molar-refractivity contribution in [2.45, 2.75) is 12.8 Å². The molecule has 1 aliphatic heterocycles. The number of rotatable bonds is 2. The van der Waals surface area contributed by atoms with Gasteiger partial charge in [0.25, 0.3) is 5.91 Å². The molecule has 1 aliphatic rings. The maximum atomic E-state index is 14.0. The van der Waals surface area contributed by atoms with Crippen LogP contribution in [0.3, 0.4) is 0 Å². The third-order valence-electron chi connectivity index (χ3n) is 3.43. The van der Waals surface area contributed by atoms with Crippen LogP contribution >= 0.6 is 11.3 Å². The number of hydrogen-bond acceptors (Lipinski definition) is 4. The predicted octanol–water partition coefficient (Wildman–Crippen LogP) is 3.39. The molecule has 0 radical (unpaired) electrons. The van der Waals surface area contributed by atoms with Crippen molar-refractivity contribution in [2.24, 2.45) is 0 Å². The first-order valence-electron chi connectivity index (χ1n) is 6.40. The van der Waals surface area contributed by atoms with Crippen molar-refractivity contribution in [3.63, 3.8) is 0 Å². The lowest BCUT2D eigenvalue weighted by Crippen LogP contribution is -2.36. The summed E-state index contributed by atoms with van der Waals surface area (Å²) in [6.45, 7) is 0.413. The van der Waals surface area contributed by atoms with Crippen molar-refractivity contribution in [3.8, 4) is 0 Å². The highest BCUT2D eigenvalue weighted by Gasteiger charge is 2.28. The highest BCUT2D eigenvalue weighted by molar-refractivity contribution is 7.13. The summed E-state index contributed by atoms with van der Waals surface area (Å²) in [5, 5.41) is 12.0. The summed E-state index contributed by atoms with van der Waals surface area (Å²) in [5.74, 6) is -0.837. The molecule has 0 saturated carbocycles. The minimum absolute atomic E-state index is 0.0934. The number of aryl methyl sites for hydroxylation is 1. The van der Waals surface area contributed by atoms with Crippen LogP contribution in [0.4, 0.5) is 15.1 Å². The van der Waals surface area contributed by atoms with Crippen LogP contribution in [-0.4, -0.2) is 17.4 Å². The van der Waals surface area contributed by atoms with E-state index >= 15 is 0 Å². The van der Waals surface area contributed by atoms with E-state index in [-0.39, 0.29) is 10.6 Å². The molecule has 2 heterocycles. The van der Waals surface area contributed by atoms with Crippen molar-refractivity contribution in [1.82, 2.24) is 0 Å². The van der Waals surface area contributed by atoms with Gasteiger partial charge in [-0.1, -0.05) is 23.5 Å². The first-order chi connectivity index (χ1) is 10.1. The van der Waals surface area contributed by atoms with Gasteiger partial charge in [-0.2, -0.15) is 0 Å². The molecule has 0 N–H and O–H groups in total. The normalized spacial score (nSPS) is 13.9. The van der Waals surface area contributed by atoms with Crippen molar-refractivity contribution in [2.75, 3.05) is 11.4 Å². The van der Waals surface area contributed by atoms with E-state index in [4.69, 9.17) is 0 Å². The lowest BCUT2D eigenvalue weighted by molar-refractivity contribution is -0.380. The molecule has 21 heavy (non-hydrogen) atoms. The number of para-hydroxylation sites is 1. The van der Waals surface area contributed by atoms with E-state index in [0.29, 0.717) is 12.2 Å². The van der Waals surface area contributed by atoms with E-state index in [9.17, 15) is 19.3 Å². The summed E-state index contributed by atoms with van der Waals surface area (Å²) in [4.78, 5) is 24.0. The summed E-state index contributed by atoms with van der Waals surface area (Å²) in [6.07, 6.45) is 1.47. The average Bonchev–Trinajstić information content (AvgIpc) is 2.96. The van der Waals surface area contributed by atoms with Gasteiger partial charge in [-0.15, -0.1) is 0 Å². The number of anilines is 1. The molecule has 0 unspecified atom stereocenters. The maximum Gasteiger partial charge on any atom is 0.324 e.